The first-order valence-electron chi connectivity index (χ1n) is 7.63. The molecule has 0 aliphatic rings. The second-order valence-electron chi connectivity index (χ2n) is 6.50. The molecule has 0 aliphatic carbocycles. The van der Waals surface area contributed by atoms with Crippen LogP contribution >= 0.6 is 11.5 Å². The van der Waals surface area contributed by atoms with Gasteiger partial charge < -0.3 is 4.57 Å². The van der Waals surface area contributed by atoms with Gasteiger partial charge in [-0.1, -0.05) is 20.8 Å². The Bertz CT molecular complexity index is 832. The highest BCUT2D eigenvalue weighted by Crippen LogP contribution is 2.23. The Morgan fingerprint density at radius 2 is 2.00 bits per heavy atom. The van der Waals surface area contributed by atoms with Crippen molar-refractivity contribution in [3.05, 3.63) is 59.9 Å². The van der Waals surface area contributed by atoms with Crippen LogP contribution in [0.3, 0.4) is 0 Å². The van der Waals surface area contributed by atoms with Gasteiger partial charge in [0.25, 0.3) is 5.91 Å². The Balaban J connectivity index is 1.74. The van der Waals surface area contributed by atoms with Crippen LogP contribution in [0.1, 0.15) is 42.6 Å². The zero-order chi connectivity index (χ0) is 17.2. The number of anilines is 1. The number of rotatable bonds is 4. The maximum atomic E-state index is 12.5. The molecule has 3 aromatic rings. The zero-order valence-corrected chi connectivity index (χ0v) is 14.7. The van der Waals surface area contributed by atoms with Crippen molar-refractivity contribution < 1.29 is 4.79 Å². The van der Waals surface area contributed by atoms with E-state index in [1.807, 2.05) is 49.7 Å². The van der Waals surface area contributed by atoms with Crippen molar-refractivity contribution in [2.24, 2.45) is 0 Å². The lowest BCUT2D eigenvalue weighted by Crippen LogP contribution is -2.18. The van der Waals surface area contributed by atoms with Crippen molar-refractivity contribution in [2.75, 3.05) is 5.32 Å². The van der Waals surface area contributed by atoms with Gasteiger partial charge in [-0.05, 0) is 29.8 Å². The summed E-state index contributed by atoms with van der Waals surface area (Å²) in [6.45, 7) is 6.74. The average Bonchev–Trinajstić information content (AvgIpc) is 3.17. The van der Waals surface area contributed by atoms with Crippen LogP contribution < -0.4 is 5.32 Å². The molecule has 0 aromatic carbocycles. The minimum Gasteiger partial charge on any atom is -0.339 e. The van der Waals surface area contributed by atoms with Gasteiger partial charge in [0.2, 0.25) is 5.13 Å². The molecule has 1 N–H and O–H groups in total. The molecule has 6 nitrogen and oxygen atoms in total. The molecule has 0 saturated carbocycles. The van der Waals surface area contributed by atoms with E-state index in [-0.39, 0.29) is 11.3 Å². The van der Waals surface area contributed by atoms with Crippen LogP contribution in [0.15, 0.2) is 42.9 Å². The van der Waals surface area contributed by atoms with Crippen LogP contribution in [0.25, 0.3) is 0 Å². The van der Waals surface area contributed by atoms with E-state index in [4.69, 9.17) is 0 Å². The summed E-state index contributed by atoms with van der Waals surface area (Å²) in [6.07, 6.45) is 5.37. The molecule has 0 aliphatic heterocycles. The van der Waals surface area contributed by atoms with E-state index in [0.29, 0.717) is 17.4 Å². The number of nitrogens with one attached hydrogen (secondary N) is 1. The van der Waals surface area contributed by atoms with Crippen molar-refractivity contribution in [3.8, 4) is 0 Å². The van der Waals surface area contributed by atoms with Gasteiger partial charge in [-0.15, -0.1) is 0 Å². The van der Waals surface area contributed by atoms with Gasteiger partial charge in [-0.25, -0.2) is 4.98 Å². The zero-order valence-electron chi connectivity index (χ0n) is 13.9. The Hall–Kier alpha value is -2.54. The van der Waals surface area contributed by atoms with Gasteiger partial charge in [0.1, 0.15) is 11.5 Å². The Morgan fingerprint density at radius 1 is 1.25 bits per heavy atom. The van der Waals surface area contributed by atoms with E-state index in [2.05, 4.69) is 19.7 Å². The molecule has 3 heterocycles. The van der Waals surface area contributed by atoms with E-state index >= 15 is 0 Å². The highest BCUT2D eigenvalue weighted by atomic mass is 32.1. The molecule has 7 heteroatoms. The first kappa shape index (κ1) is 16.3. The third-order valence-corrected chi connectivity index (χ3v) is 4.11. The van der Waals surface area contributed by atoms with Crippen LogP contribution in [0.5, 0.6) is 0 Å². The predicted molar refractivity (Wildman–Crippen MR) is 94.3 cm³/mol. The second-order valence-corrected chi connectivity index (χ2v) is 7.26. The third-order valence-electron chi connectivity index (χ3n) is 3.48. The van der Waals surface area contributed by atoms with Crippen LogP contribution in [0.2, 0.25) is 0 Å². The van der Waals surface area contributed by atoms with Crippen molar-refractivity contribution in [3.63, 3.8) is 0 Å². The standard InChI is InChI=1S/C17H19N5OS/c1-17(2,3)15-20-16(24-21-15)19-14(23)13-5-4-10-22(13)11-12-6-8-18-9-7-12/h4-10H,11H2,1-3H3,(H,19,20,21,23). The van der Waals surface area contributed by atoms with E-state index in [9.17, 15) is 4.79 Å². The minimum atomic E-state index is -0.189. The largest absolute Gasteiger partial charge is 0.339 e. The van der Waals surface area contributed by atoms with Gasteiger partial charge in [0, 0.05) is 42.1 Å². The predicted octanol–water partition coefficient (Wildman–Crippen LogP) is 3.33. The van der Waals surface area contributed by atoms with Crippen molar-refractivity contribution in [1.29, 1.82) is 0 Å². The van der Waals surface area contributed by atoms with Gasteiger partial charge in [-0.3, -0.25) is 15.1 Å². The lowest BCUT2D eigenvalue weighted by Gasteiger charge is -2.12. The van der Waals surface area contributed by atoms with Crippen molar-refractivity contribution in [2.45, 2.75) is 32.7 Å². The maximum Gasteiger partial charge on any atom is 0.274 e. The molecule has 0 atom stereocenters. The minimum absolute atomic E-state index is 0.138. The molecule has 3 rings (SSSR count). The monoisotopic (exact) mass is 341 g/mol. The van der Waals surface area contributed by atoms with Gasteiger partial charge in [0.15, 0.2) is 0 Å². The van der Waals surface area contributed by atoms with E-state index in [1.165, 1.54) is 11.5 Å². The summed E-state index contributed by atoms with van der Waals surface area (Å²) in [5.41, 5.74) is 1.53. The van der Waals surface area contributed by atoms with Gasteiger partial charge in [-0.2, -0.15) is 4.37 Å². The van der Waals surface area contributed by atoms with Gasteiger partial charge >= 0.3 is 0 Å². The number of pyridine rings is 1. The number of aromatic nitrogens is 4. The van der Waals surface area contributed by atoms with E-state index in [1.54, 1.807) is 18.5 Å². The quantitative estimate of drug-likeness (QED) is 0.790. The smallest absolute Gasteiger partial charge is 0.274 e. The SMILES string of the molecule is CC(C)(C)c1nsc(NC(=O)c2cccn2Cc2ccncc2)n1. The third kappa shape index (κ3) is 3.68. The molecule has 0 radical (unpaired) electrons. The molecule has 0 spiro atoms. The fraction of sp³-hybridized carbons (Fsp3) is 0.294. The number of hydrogen-bond acceptors (Lipinski definition) is 5. The molecule has 124 valence electrons. The summed E-state index contributed by atoms with van der Waals surface area (Å²) < 4.78 is 6.21. The van der Waals surface area contributed by atoms with Crippen LogP contribution in [0, 0.1) is 0 Å². The van der Waals surface area contributed by atoms with Crippen LogP contribution in [-0.4, -0.2) is 24.8 Å². The normalized spacial score (nSPS) is 11.5. The number of amides is 1. The first-order chi connectivity index (χ1) is 11.4. The van der Waals surface area contributed by atoms with Crippen LogP contribution in [-0.2, 0) is 12.0 Å². The summed E-state index contributed by atoms with van der Waals surface area (Å²) in [7, 11) is 0. The van der Waals surface area contributed by atoms with Crippen molar-refractivity contribution >= 4 is 22.6 Å². The Morgan fingerprint density at radius 3 is 2.67 bits per heavy atom. The summed E-state index contributed by atoms with van der Waals surface area (Å²) >= 11 is 1.20. The summed E-state index contributed by atoms with van der Waals surface area (Å²) in [5, 5.41) is 3.35. The summed E-state index contributed by atoms with van der Waals surface area (Å²) in [6, 6.07) is 7.52. The number of carbonyl (C=O) groups excluding carboxylic acids is 1. The topological polar surface area (TPSA) is 72.7 Å². The lowest BCUT2D eigenvalue weighted by molar-refractivity contribution is 0.101. The highest BCUT2D eigenvalue weighted by Gasteiger charge is 2.21. The maximum absolute atomic E-state index is 12.5. The van der Waals surface area contributed by atoms with Gasteiger partial charge in [0.05, 0.1) is 0 Å². The fourth-order valence-corrected chi connectivity index (χ4v) is 2.94. The Labute approximate surface area is 144 Å². The molecule has 3 aromatic heterocycles. The molecular formula is C17H19N5OS. The van der Waals surface area contributed by atoms with E-state index < -0.39 is 0 Å². The lowest BCUT2D eigenvalue weighted by atomic mass is 9.96. The molecule has 24 heavy (non-hydrogen) atoms. The summed E-state index contributed by atoms with van der Waals surface area (Å²) in [5.74, 6) is 0.542. The average molecular weight is 341 g/mol. The summed E-state index contributed by atoms with van der Waals surface area (Å²) in [4.78, 5) is 21.0. The molecule has 1 amide bonds. The second kappa shape index (κ2) is 6.52. The Kier molecular flexibility index (Phi) is 4.44. The van der Waals surface area contributed by atoms with Crippen molar-refractivity contribution in [1.82, 2.24) is 18.9 Å². The molecule has 0 fully saturated rings. The van der Waals surface area contributed by atoms with Crippen LogP contribution in [0.4, 0.5) is 5.13 Å². The molecular weight excluding hydrogens is 322 g/mol. The molecule has 0 saturated heterocycles. The number of carbonyl (C=O) groups is 1. The number of hydrogen-bond donors (Lipinski definition) is 1. The first-order valence-corrected chi connectivity index (χ1v) is 8.40. The fourth-order valence-electron chi connectivity index (χ4n) is 2.18. The molecule has 0 bridgehead atoms. The molecule has 0 unspecified atom stereocenters. The van der Waals surface area contributed by atoms with E-state index in [0.717, 1.165) is 11.4 Å². The highest BCUT2D eigenvalue weighted by molar-refractivity contribution is 7.09. The number of nitrogens with zero attached hydrogens (tertiary/aromatic N) is 4.